The molecule has 0 radical (unpaired) electrons. The van der Waals surface area contributed by atoms with Crippen LogP contribution in [0.4, 0.5) is 5.69 Å². The lowest BCUT2D eigenvalue weighted by Crippen LogP contribution is -2.10. The number of benzene rings is 2. The van der Waals surface area contributed by atoms with Gasteiger partial charge in [-0.2, -0.15) is 0 Å². The van der Waals surface area contributed by atoms with Gasteiger partial charge in [-0.1, -0.05) is 30.0 Å². The Kier molecular flexibility index (Phi) is 4.92. The molecule has 0 saturated heterocycles. The second kappa shape index (κ2) is 7.49. The fourth-order valence-corrected chi connectivity index (χ4v) is 4.61. The number of thioether (sulfide) groups is 1. The monoisotopic (exact) mass is 383 g/mol. The second-order valence-electron chi connectivity index (χ2n) is 5.79. The van der Waals surface area contributed by atoms with Crippen molar-refractivity contribution in [2.45, 2.75) is 10.8 Å². The van der Waals surface area contributed by atoms with Gasteiger partial charge in [0.1, 0.15) is 10.1 Å². The van der Waals surface area contributed by atoms with Crippen molar-refractivity contribution in [1.82, 2.24) is 4.98 Å². The minimum Gasteiger partial charge on any atom is -0.454 e. The predicted molar refractivity (Wildman–Crippen MR) is 106 cm³/mol. The van der Waals surface area contributed by atoms with Gasteiger partial charge in [0, 0.05) is 29.8 Å². The van der Waals surface area contributed by atoms with E-state index in [2.05, 4.69) is 10.3 Å². The molecule has 1 aliphatic rings. The summed E-state index contributed by atoms with van der Waals surface area (Å²) in [5.41, 5.74) is 7.85. The van der Waals surface area contributed by atoms with E-state index in [1.807, 2.05) is 36.5 Å². The second-order valence-corrected chi connectivity index (χ2v) is 8.25. The largest absolute Gasteiger partial charge is 0.454 e. The molecule has 4 rings (SSSR count). The summed E-state index contributed by atoms with van der Waals surface area (Å²) >= 11 is 3.35. The molecule has 7 heteroatoms. The summed E-state index contributed by atoms with van der Waals surface area (Å²) < 4.78 is 6.95. The minimum absolute atomic E-state index is 0.158. The third-order valence-electron chi connectivity index (χ3n) is 3.90. The van der Waals surface area contributed by atoms with E-state index < -0.39 is 0 Å². The molecule has 0 atom stereocenters. The maximum Gasteiger partial charge on any atom is 0.259 e. The third-order valence-corrected chi connectivity index (χ3v) is 6.09. The molecule has 1 amide bonds. The number of rotatable bonds is 5. The summed E-state index contributed by atoms with van der Waals surface area (Å²) in [6, 6.07) is 13.1. The molecule has 5 nitrogen and oxygen atoms in total. The molecule has 3 N–H and O–H groups in total. The summed E-state index contributed by atoms with van der Waals surface area (Å²) in [6.45, 7) is 0.645. The van der Waals surface area contributed by atoms with Gasteiger partial charge in [-0.3, -0.25) is 4.79 Å². The highest BCUT2D eigenvalue weighted by atomic mass is 32.2. The first-order valence-electron chi connectivity index (χ1n) is 8.21. The van der Waals surface area contributed by atoms with E-state index in [0.29, 0.717) is 29.3 Å². The first kappa shape index (κ1) is 17.1. The molecule has 3 aromatic rings. The lowest BCUT2D eigenvalue weighted by molar-refractivity contribution is 0.102. The molecule has 132 valence electrons. The molecule has 0 bridgehead atoms. The summed E-state index contributed by atoms with van der Waals surface area (Å²) in [4.78, 5) is 18.0. The van der Waals surface area contributed by atoms with Crippen molar-refractivity contribution in [2.24, 2.45) is 5.73 Å². The lowest BCUT2D eigenvalue weighted by Gasteiger charge is -2.09. The quantitative estimate of drug-likeness (QED) is 0.648. The van der Waals surface area contributed by atoms with E-state index in [9.17, 15) is 4.79 Å². The topological polar surface area (TPSA) is 77.2 Å². The van der Waals surface area contributed by atoms with Gasteiger partial charge in [0.05, 0.1) is 11.3 Å². The van der Waals surface area contributed by atoms with Gasteiger partial charge in [0.2, 0.25) is 0 Å². The van der Waals surface area contributed by atoms with Crippen molar-refractivity contribution in [3.8, 4) is 11.5 Å². The van der Waals surface area contributed by atoms with Gasteiger partial charge < -0.3 is 15.8 Å². The average Bonchev–Trinajstić information content (AvgIpc) is 3.03. The number of aromatic nitrogens is 1. The van der Waals surface area contributed by atoms with Crippen LogP contribution in [0.3, 0.4) is 0 Å². The highest BCUT2D eigenvalue weighted by molar-refractivity contribution is 8.01. The number of hydrogen-bond donors (Lipinski definition) is 2. The maximum absolute atomic E-state index is 12.4. The van der Waals surface area contributed by atoms with Crippen molar-refractivity contribution in [2.75, 3.05) is 17.6 Å². The van der Waals surface area contributed by atoms with Gasteiger partial charge in [-0.15, -0.1) is 11.3 Å². The predicted octanol–water partition coefficient (Wildman–Crippen LogP) is 4.14. The highest BCUT2D eigenvalue weighted by Crippen LogP contribution is 2.36. The van der Waals surface area contributed by atoms with Crippen LogP contribution >= 0.6 is 23.1 Å². The Labute approximate surface area is 159 Å². The van der Waals surface area contributed by atoms with Crippen molar-refractivity contribution in [1.29, 1.82) is 0 Å². The standard InChI is InChI=1S/C19H17N3O2S2/c20-7-8-25-19-21-11-13(26-19)9-12-5-6-17-15(10-12)22-18(23)14-3-1-2-4-16(14)24-17/h1-6,10-11H,7-9,20H2,(H,22,23). The summed E-state index contributed by atoms with van der Waals surface area (Å²) in [5.74, 6) is 1.93. The zero-order valence-corrected chi connectivity index (χ0v) is 15.5. The Morgan fingerprint density at radius 1 is 1.19 bits per heavy atom. The summed E-state index contributed by atoms with van der Waals surface area (Å²) in [6.07, 6.45) is 2.66. The molecule has 2 heterocycles. The first-order valence-corrected chi connectivity index (χ1v) is 10.0. The van der Waals surface area contributed by atoms with Crippen LogP contribution in [-0.4, -0.2) is 23.2 Å². The van der Waals surface area contributed by atoms with Gasteiger partial charge in [0.15, 0.2) is 5.75 Å². The summed E-state index contributed by atoms with van der Waals surface area (Å²) in [7, 11) is 0. The van der Waals surface area contributed by atoms with Crippen molar-refractivity contribution in [3.05, 3.63) is 64.7 Å². The SMILES string of the molecule is NCCSc1ncc(Cc2ccc3c(c2)NC(=O)c2ccccc2O3)s1. The number of amides is 1. The third kappa shape index (κ3) is 3.60. The Bertz CT molecular complexity index is 955. The molecule has 0 fully saturated rings. The number of thiazole rings is 1. The Morgan fingerprint density at radius 3 is 2.96 bits per heavy atom. The molecule has 1 aromatic heterocycles. The number of hydrogen-bond acceptors (Lipinski definition) is 6. The number of para-hydroxylation sites is 1. The average molecular weight is 383 g/mol. The minimum atomic E-state index is -0.158. The normalized spacial score (nSPS) is 12.6. The van der Waals surface area contributed by atoms with E-state index in [-0.39, 0.29) is 5.91 Å². The van der Waals surface area contributed by atoms with Crippen LogP contribution in [0.2, 0.25) is 0 Å². The maximum atomic E-state index is 12.4. The lowest BCUT2D eigenvalue weighted by atomic mass is 10.1. The van der Waals surface area contributed by atoms with Gasteiger partial charge in [-0.05, 0) is 29.8 Å². The van der Waals surface area contributed by atoms with E-state index in [1.54, 1.807) is 35.2 Å². The fourth-order valence-electron chi connectivity index (χ4n) is 2.71. The molecular formula is C19H17N3O2S2. The molecule has 1 aliphatic heterocycles. The molecule has 0 aliphatic carbocycles. The van der Waals surface area contributed by atoms with Crippen LogP contribution in [0.25, 0.3) is 0 Å². The van der Waals surface area contributed by atoms with E-state index >= 15 is 0 Å². The fraction of sp³-hybridized carbons (Fsp3) is 0.158. The number of nitrogens with two attached hydrogens (primary N) is 1. The Morgan fingerprint density at radius 2 is 2.08 bits per heavy atom. The van der Waals surface area contributed by atoms with E-state index in [0.717, 1.165) is 22.1 Å². The Hall–Kier alpha value is -2.35. The molecule has 0 unspecified atom stereocenters. The van der Waals surface area contributed by atoms with Crippen LogP contribution < -0.4 is 15.8 Å². The molecule has 0 spiro atoms. The molecule has 2 aromatic carbocycles. The smallest absolute Gasteiger partial charge is 0.259 e. The number of anilines is 1. The Balaban J connectivity index is 1.55. The number of nitrogens with zero attached hydrogens (tertiary/aromatic N) is 1. The van der Waals surface area contributed by atoms with Gasteiger partial charge in [0.25, 0.3) is 5.91 Å². The van der Waals surface area contributed by atoms with Gasteiger partial charge in [-0.25, -0.2) is 4.98 Å². The van der Waals surface area contributed by atoms with Gasteiger partial charge >= 0.3 is 0 Å². The zero-order valence-electron chi connectivity index (χ0n) is 13.9. The molecular weight excluding hydrogens is 366 g/mol. The molecule has 0 saturated carbocycles. The van der Waals surface area contributed by atoms with Crippen LogP contribution in [-0.2, 0) is 6.42 Å². The number of carbonyl (C=O) groups excluding carboxylic acids is 1. The van der Waals surface area contributed by atoms with Crippen LogP contribution in [0.1, 0.15) is 20.8 Å². The van der Waals surface area contributed by atoms with Crippen LogP contribution in [0.5, 0.6) is 11.5 Å². The number of carbonyl (C=O) groups is 1. The summed E-state index contributed by atoms with van der Waals surface area (Å²) in [5, 5.41) is 2.94. The van der Waals surface area contributed by atoms with Crippen LogP contribution in [0, 0.1) is 0 Å². The van der Waals surface area contributed by atoms with E-state index in [1.165, 1.54) is 4.88 Å². The molecule has 26 heavy (non-hydrogen) atoms. The number of nitrogens with one attached hydrogen (secondary N) is 1. The first-order chi connectivity index (χ1) is 12.7. The highest BCUT2D eigenvalue weighted by Gasteiger charge is 2.20. The van der Waals surface area contributed by atoms with E-state index in [4.69, 9.17) is 10.5 Å². The zero-order chi connectivity index (χ0) is 17.9. The van der Waals surface area contributed by atoms with Crippen molar-refractivity contribution < 1.29 is 9.53 Å². The number of ether oxygens (including phenoxy) is 1. The van der Waals surface area contributed by atoms with Crippen molar-refractivity contribution >= 4 is 34.7 Å². The van der Waals surface area contributed by atoms with Crippen molar-refractivity contribution in [3.63, 3.8) is 0 Å². The number of fused-ring (bicyclic) bond motifs is 2. The van der Waals surface area contributed by atoms with Crippen LogP contribution in [0.15, 0.2) is 53.0 Å².